The van der Waals surface area contributed by atoms with Crippen LogP contribution in [0.1, 0.15) is 23.1 Å². The van der Waals surface area contributed by atoms with Crippen LogP contribution in [-0.2, 0) is 16.0 Å². The molecule has 0 spiro atoms. The van der Waals surface area contributed by atoms with Crippen LogP contribution < -0.4 is 5.32 Å². The van der Waals surface area contributed by atoms with Crippen LogP contribution >= 0.6 is 0 Å². The number of halogens is 1. The summed E-state index contributed by atoms with van der Waals surface area (Å²) in [5.74, 6) is -0.727. The quantitative estimate of drug-likeness (QED) is 0.894. The maximum atomic E-state index is 13.0. The molecule has 1 fully saturated rings. The summed E-state index contributed by atoms with van der Waals surface area (Å²) in [5.41, 5.74) is 3.85. The van der Waals surface area contributed by atoms with Gasteiger partial charge < -0.3 is 10.2 Å². The molecule has 0 radical (unpaired) electrons. The van der Waals surface area contributed by atoms with E-state index < -0.39 is 0 Å². The zero-order valence-corrected chi connectivity index (χ0v) is 15.1. The summed E-state index contributed by atoms with van der Waals surface area (Å²) < 4.78 is 13.0. The molecule has 0 aliphatic carbocycles. The minimum atomic E-state index is -0.337. The standard InChI is InChI=1S/C21H23FN2O2/c1-14-3-4-15(2)19(11-14)23-21(26)17-12-20(25)24(13-17)10-9-16-5-7-18(22)8-6-16/h3-8,11,17H,9-10,12-13H2,1-2H3,(H,23,26)/t17-/m1/s1. The van der Waals surface area contributed by atoms with Gasteiger partial charge in [-0.1, -0.05) is 24.3 Å². The lowest BCUT2D eigenvalue weighted by molar-refractivity contribution is -0.128. The lowest BCUT2D eigenvalue weighted by Gasteiger charge is -2.17. The highest BCUT2D eigenvalue weighted by Gasteiger charge is 2.34. The Bertz CT molecular complexity index is 817. The molecule has 3 rings (SSSR count). The lowest BCUT2D eigenvalue weighted by atomic mass is 10.1. The number of anilines is 1. The number of rotatable bonds is 5. The summed E-state index contributed by atoms with van der Waals surface area (Å²) in [6.07, 6.45) is 0.886. The summed E-state index contributed by atoms with van der Waals surface area (Å²) in [6.45, 7) is 4.89. The molecule has 1 heterocycles. The van der Waals surface area contributed by atoms with Gasteiger partial charge >= 0.3 is 0 Å². The fourth-order valence-electron chi connectivity index (χ4n) is 3.18. The summed E-state index contributed by atoms with van der Waals surface area (Å²) in [4.78, 5) is 26.5. The van der Waals surface area contributed by atoms with Crippen LogP contribution in [0.25, 0.3) is 0 Å². The largest absolute Gasteiger partial charge is 0.342 e. The van der Waals surface area contributed by atoms with Gasteiger partial charge in [-0.3, -0.25) is 9.59 Å². The molecule has 136 valence electrons. The molecule has 1 saturated heterocycles. The fourth-order valence-corrected chi connectivity index (χ4v) is 3.18. The Morgan fingerprint density at radius 1 is 1.19 bits per heavy atom. The van der Waals surface area contributed by atoms with Gasteiger partial charge in [0.1, 0.15) is 5.82 Å². The van der Waals surface area contributed by atoms with Gasteiger partial charge in [0.2, 0.25) is 11.8 Å². The van der Waals surface area contributed by atoms with E-state index in [0.29, 0.717) is 19.5 Å². The van der Waals surface area contributed by atoms with E-state index in [1.165, 1.54) is 12.1 Å². The first-order valence-electron chi connectivity index (χ1n) is 8.82. The Hall–Kier alpha value is -2.69. The van der Waals surface area contributed by atoms with Crippen LogP contribution in [0.3, 0.4) is 0 Å². The monoisotopic (exact) mass is 354 g/mol. The normalized spacial score (nSPS) is 16.8. The molecule has 0 unspecified atom stereocenters. The molecule has 0 saturated carbocycles. The molecule has 5 heteroatoms. The molecule has 1 aliphatic rings. The number of carbonyl (C=O) groups excluding carboxylic acids is 2. The summed E-state index contributed by atoms with van der Waals surface area (Å²) in [7, 11) is 0. The first-order valence-corrected chi connectivity index (χ1v) is 8.82. The molecule has 26 heavy (non-hydrogen) atoms. The number of amides is 2. The van der Waals surface area contributed by atoms with Gasteiger partial charge in [0.25, 0.3) is 0 Å². The lowest BCUT2D eigenvalue weighted by Crippen LogP contribution is -2.30. The van der Waals surface area contributed by atoms with Crippen molar-refractivity contribution in [2.45, 2.75) is 26.7 Å². The topological polar surface area (TPSA) is 49.4 Å². The number of nitrogens with one attached hydrogen (secondary N) is 1. The molecule has 4 nitrogen and oxygen atoms in total. The molecule has 2 amide bonds. The maximum absolute atomic E-state index is 13.0. The first kappa shape index (κ1) is 18.1. The molecule has 1 atom stereocenters. The van der Waals surface area contributed by atoms with E-state index in [1.54, 1.807) is 17.0 Å². The zero-order valence-electron chi connectivity index (χ0n) is 15.1. The average Bonchev–Trinajstić information content (AvgIpc) is 2.99. The summed E-state index contributed by atoms with van der Waals surface area (Å²) in [5, 5.41) is 2.95. The van der Waals surface area contributed by atoms with Gasteiger partial charge in [0.05, 0.1) is 5.92 Å². The molecule has 2 aromatic rings. The van der Waals surface area contributed by atoms with E-state index >= 15 is 0 Å². The van der Waals surface area contributed by atoms with E-state index in [1.807, 2.05) is 32.0 Å². The number of carbonyl (C=O) groups is 2. The third-order valence-electron chi connectivity index (χ3n) is 4.82. The smallest absolute Gasteiger partial charge is 0.229 e. The fraction of sp³-hybridized carbons (Fsp3) is 0.333. The number of aryl methyl sites for hydroxylation is 2. The second kappa shape index (κ2) is 7.68. The van der Waals surface area contributed by atoms with Gasteiger partial charge in [0.15, 0.2) is 0 Å². The highest BCUT2D eigenvalue weighted by atomic mass is 19.1. The maximum Gasteiger partial charge on any atom is 0.229 e. The van der Waals surface area contributed by atoms with Gasteiger partial charge in [-0.2, -0.15) is 0 Å². The highest BCUT2D eigenvalue weighted by molar-refractivity contribution is 5.97. The van der Waals surface area contributed by atoms with Gasteiger partial charge in [-0.25, -0.2) is 4.39 Å². The van der Waals surface area contributed by atoms with Crippen molar-refractivity contribution in [2.24, 2.45) is 5.92 Å². The van der Waals surface area contributed by atoms with Crippen LogP contribution in [0.15, 0.2) is 42.5 Å². The van der Waals surface area contributed by atoms with E-state index in [0.717, 1.165) is 22.4 Å². The van der Waals surface area contributed by atoms with Gasteiger partial charge in [-0.05, 0) is 55.2 Å². The van der Waals surface area contributed by atoms with Crippen molar-refractivity contribution in [1.29, 1.82) is 0 Å². The third kappa shape index (κ3) is 4.28. The van der Waals surface area contributed by atoms with Crippen LogP contribution in [0.5, 0.6) is 0 Å². The number of nitrogens with zero attached hydrogens (tertiary/aromatic N) is 1. The Labute approximate surface area is 153 Å². The predicted molar refractivity (Wildman–Crippen MR) is 99.3 cm³/mol. The average molecular weight is 354 g/mol. The van der Waals surface area contributed by atoms with Crippen molar-refractivity contribution in [2.75, 3.05) is 18.4 Å². The SMILES string of the molecule is Cc1ccc(C)c(NC(=O)[C@@H]2CC(=O)N(CCc3ccc(F)cc3)C2)c1. The minimum Gasteiger partial charge on any atom is -0.342 e. The minimum absolute atomic E-state index is 0.00627. The second-order valence-corrected chi connectivity index (χ2v) is 6.92. The van der Waals surface area contributed by atoms with Crippen molar-refractivity contribution in [1.82, 2.24) is 4.90 Å². The highest BCUT2D eigenvalue weighted by Crippen LogP contribution is 2.22. The van der Waals surface area contributed by atoms with Crippen LogP contribution in [0, 0.1) is 25.6 Å². The Kier molecular flexibility index (Phi) is 5.35. The summed E-state index contributed by atoms with van der Waals surface area (Å²) in [6, 6.07) is 12.2. The third-order valence-corrected chi connectivity index (χ3v) is 4.82. The van der Waals surface area contributed by atoms with Crippen molar-refractivity contribution in [3.8, 4) is 0 Å². The predicted octanol–water partition coefficient (Wildman–Crippen LogP) is 3.47. The number of benzene rings is 2. The Morgan fingerprint density at radius 3 is 2.65 bits per heavy atom. The number of hydrogen-bond donors (Lipinski definition) is 1. The van der Waals surface area contributed by atoms with E-state index in [2.05, 4.69) is 5.32 Å². The molecule has 1 aliphatic heterocycles. The number of hydrogen-bond acceptors (Lipinski definition) is 2. The van der Waals surface area contributed by atoms with Crippen molar-refractivity contribution in [3.05, 3.63) is 65.0 Å². The molecule has 0 bridgehead atoms. The number of likely N-dealkylation sites (tertiary alicyclic amines) is 1. The molecular formula is C21H23FN2O2. The van der Waals surface area contributed by atoms with Crippen molar-refractivity contribution in [3.63, 3.8) is 0 Å². The molecule has 0 aromatic heterocycles. The Balaban J connectivity index is 1.57. The Morgan fingerprint density at radius 2 is 1.92 bits per heavy atom. The molecule has 1 N–H and O–H groups in total. The van der Waals surface area contributed by atoms with Crippen LogP contribution in [0.2, 0.25) is 0 Å². The molecule has 2 aromatic carbocycles. The molecular weight excluding hydrogens is 331 g/mol. The van der Waals surface area contributed by atoms with E-state index in [-0.39, 0.29) is 30.0 Å². The van der Waals surface area contributed by atoms with Gasteiger partial charge in [0, 0.05) is 25.2 Å². The van der Waals surface area contributed by atoms with Crippen LogP contribution in [-0.4, -0.2) is 29.8 Å². The van der Waals surface area contributed by atoms with Gasteiger partial charge in [-0.15, -0.1) is 0 Å². The van der Waals surface area contributed by atoms with Crippen molar-refractivity contribution >= 4 is 17.5 Å². The summed E-state index contributed by atoms with van der Waals surface area (Å²) >= 11 is 0. The van der Waals surface area contributed by atoms with E-state index in [4.69, 9.17) is 0 Å². The zero-order chi connectivity index (χ0) is 18.7. The second-order valence-electron chi connectivity index (χ2n) is 6.92. The van der Waals surface area contributed by atoms with E-state index in [9.17, 15) is 14.0 Å². The van der Waals surface area contributed by atoms with Crippen LogP contribution in [0.4, 0.5) is 10.1 Å². The first-order chi connectivity index (χ1) is 12.4. The van der Waals surface area contributed by atoms with Crippen molar-refractivity contribution < 1.29 is 14.0 Å².